The van der Waals surface area contributed by atoms with Gasteiger partial charge in [0, 0.05) is 11.8 Å². The zero-order chi connectivity index (χ0) is 12.6. The third-order valence-corrected chi connectivity index (χ3v) is 3.84. The maximum Gasteiger partial charge on any atom is 0.449 e. The fourth-order valence-electron chi connectivity index (χ4n) is 0.541. The molecule has 0 saturated heterocycles. The van der Waals surface area contributed by atoms with Gasteiger partial charge in [0.2, 0.25) is 0 Å². The SMILES string of the molecule is CCON(Cl)C(=O)OCCP(=O)(OCl)OCl. The molecule has 7 nitrogen and oxygen atoms in total. The van der Waals surface area contributed by atoms with Gasteiger partial charge >= 0.3 is 13.7 Å². The fourth-order valence-corrected chi connectivity index (χ4v) is 1.83. The molecule has 0 saturated carbocycles. The Balaban J connectivity index is 3.90. The second-order valence-electron chi connectivity index (χ2n) is 2.25. The number of nitrogens with zero attached hydrogens (tertiary/aromatic N) is 1. The van der Waals surface area contributed by atoms with Crippen LogP contribution < -0.4 is 0 Å². The van der Waals surface area contributed by atoms with E-state index in [0.717, 1.165) is 0 Å². The molecule has 0 aromatic carbocycles. The summed E-state index contributed by atoms with van der Waals surface area (Å²) in [5, 5.41) is 0. The molecule has 0 heterocycles. The van der Waals surface area contributed by atoms with Gasteiger partial charge in [-0.1, -0.05) is 4.58 Å². The molecule has 0 aromatic heterocycles. The van der Waals surface area contributed by atoms with Crippen molar-refractivity contribution in [2.24, 2.45) is 0 Å². The molecule has 0 rings (SSSR count). The molecule has 0 spiro atoms. The summed E-state index contributed by atoms with van der Waals surface area (Å²) in [5.41, 5.74) is 0. The Morgan fingerprint density at radius 2 is 1.94 bits per heavy atom. The number of carbonyl (C=O) groups is 1. The van der Waals surface area contributed by atoms with Crippen LogP contribution in [0.15, 0.2) is 0 Å². The van der Waals surface area contributed by atoms with Crippen molar-refractivity contribution in [3.8, 4) is 0 Å². The zero-order valence-electron chi connectivity index (χ0n) is 8.10. The number of hydrogen-bond donors (Lipinski definition) is 0. The molecule has 0 bridgehead atoms. The van der Waals surface area contributed by atoms with Crippen LogP contribution in [0.3, 0.4) is 0 Å². The highest BCUT2D eigenvalue weighted by Gasteiger charge is 2.25. The normalized spacial score (nSPS) is 11.2. The van der Waals surface area contributed by atoms with Gasteiger partial charge in [-0.05, 0) is 6.92 Å². The van der Waals surface area contributed by atoms with Gasteiger partial charge < -0.3 is 4.74 Å². The first-order chi connectivity index (χ1) is 7.49. The summed E-state index contributed by atoms with van der Waals surface area (Å²) < 4.78 is 24.1. The van der Waals surface area contributed by atoms with Crippen molar-refractivity contribution < 1.29 is 27.1 Å². The third-order valence-electron chi connectivity index (χ3n) is 1.19. The molecule has 96 valence electrons. The largest absolute Gasteiger partial charge is 0.449 e. The fraction of sp³-hybridized carbons (Fsp3) is 0.800. The molecule has 0 aliphatic carbocycles. The van der Waals surface area contributed by atoms with Gasteiger partial charge in [0.05, 0.1) is 36.5 Å². The van der Waals surface area contributed by atoms with Crippen LogP contribution in [0, 0.1) is 0 Å². The van der Waals surface area contributed by atoms with Crippen molar-refractivity contribution in [3.05, 3.63) is 0 Å². The predicted molar refractivity (Wildman–Crippen MR) is 57.0 cm³/mol. The number of hydroxylamine groups is 1. The highest BCUT2D eigenvalue weighted by molar-refractivity contribution is 7.55. The van der Waals surface area contributed by atoms with Gasteiger partial charge in [-0.15, -0.1) is 0 Å². The quantitative estimate of drug-likeness (QED) is 0.408. The molecule has 0 fully saturated rings. The van der Waals surface area contributed by atoms with Crippen molar-refractivity contribution >= 4 is 49.2 Å². The van der Waals surface area contributed by atoms with Crippen LogP contribution in [0.1, 0.15) is 6.92 Å². The lowest BCUT2D eigenvalue weighted by Crippen LogP contribution is -2.24. The Morgan fingerprint density at radius 3 is 2.38 bits per heavy atom. The summed E-state index contributed by atoms with van der Waals surface area (Å²) >= 11 is 15.0. The molecule has 1 amide bonds. The first-order valence-corrected chi connectivity index (χ1v) is 6.62. The molecule has 0 unspecified atom stereocenters. The summed E-state index contributed by atoms with van der Waals surface area (Å²) in [7, 11) is -3.63. The number of amides is 1. The highest BCUT2D eigenvalue weighted by atomic mass is 35.5. The Hall–Kier alpha value is 0.250. The van der Waals surface area contributed by atoms with Crippen molar-refractivity contribution in [2.75, 3.05) is 19.4 Å². The summed E-state index contributed by atoms with van der Waals surface area (Å²) in [6, 6.07) is 0. The van der Waals surface area contributed by atoms with Gasteiger partial charge in [-0.25, -0.2) is 4.79 Å². The molecule has 0 aromatic rings. The summed E-state index contributed by atoms with van der Waals surface area (Å²) in [6.45, 7) is 1.50. The Bertz CT molecular complexity index is 259. The molecular weight excluding hydrogens is 307 g/mol. The second-order valence-corrected chi connectivity index (χ2v) is 5.33. The van der Waals surface area contributed by atoms with E-state index in [-0.39, 0.29) is 19.4 Å². The van der Waals surface area contributed by atoms with Crippen molar-refractivity contribution in [2.45, 2.75) is 6.92 Å². The molecule has 0 N–H and O–H groups in total. The number of halogens is 3. The number of ether oxygens (including phenoxy) is 1. The van der Waals surface area contributed by atoms with E-state index < -0.39 is 13.7 Å². The van der Waals surface area contributed by atoms with E-state index in [1.165, 1.54) is 0 Å². The first kappa shape index (κ1) is 16.2. The van der Waals surface area contributed by atoms with Crippen LogP contribution in [-0.4, -0.2) is 30.1 Å². The van der Waals surface area contributed by atoms with Gasteiger partial charge in [0.25, 0.3) is 0 Å². The maximum atomic E-state index is 11.3. The third kappa shape index (κ3) is 6.10. The highest BCUT2D eigenvalue weighted by Crippen LogP contribution is 2.50. The summed E-state index contributed by atoms with van der Waals surface area (Å²) in [6.07, 6.45) is -1.29. The Kier molecular flexibility index (Phi) is 8.49. The minimum atomic E-state index is -3.63. The molecule has 0 aliphatic heterocycles. The second kappa shape index (κ2) is 8.36. The monoisotopic (exact) mass is 315 g/mol. The van der Waals surface area contributed by atoms with Crippen molar-refractivity contribution in [1.82, 2.24) is 4.58 Å². The van der Waals surface area contributed by atoms with E-state index in [2.05, 4.69) is 17.7 Å². The van der Waals surface area contributed by atoms with Crippen LogP contribution >= 0.6 is 43.1 Å². The molecule has 0 aliphatic rings. The van der Waals surface area contributed by atoms with Crippen molar-refractivity contribution in [1.29, 1.82) is 0 Å². The molecular formula is C5H9Cl3NO6P. The Labute approximate surface area is 107 Å². The zero-order valence-corrected chi connectivity index (χ0v) is 11.3. The van der Waals surface area contributed by atoms with Crippen LogP contribution in [0.25, 0.3) is 0 Å². The number of rotatable bonds is 7. The van der Waals surface area contributed by atoms with E-state index in [9.17, 15) is 9.36 Å². The van der Waals surface area contributed by atoms with Crippen LogP contribution in [0.5, 0.6) is 0 Å². The van der Waals surface area contributed by atoms with Gasteiger partial charge in [0.15, 0.2) is 0 Å². The molecule has 11 heteroatoms. The summed E-state index contributed by atoms with van der Waals surface area (Å²) in [5.74, 6) is 0. The Morgan fingerprint density at radius 1 is 1.38 bits per heavy atom. The van der Waals surface area contributed by atoms with Crippen LogP contribution in [-0.2, 0) is 22.3 Å². The average molecular weight is 316 g/mol. The van der Waals surface area contributed by atoms with E-state index >= 15 is 0 Å². The summed E-state index contributed by atoms with van der Waals surface area (Å²) in [4.78, 5) is 15.6. The number of hydrogen-bond acceptors (Lipinski definition) is 6. The minimum Gasteiger partial charge on any atom is -0.446 e. The lowest BCUT2D eigenvalue weighted by atomic mass is 10.8. The lowest BCUT2D eigenvalue weighted by Gasteiger charge is -2.13. The predicted octanol–water partition coefficient (Wildman–Crippen LogP) is 3.06. The number of carbonyl (C=O) groups excluding carboxylic acids is 1. The first-order valence-electron chi connectivity index (χ1n) is 3.94. The van der Waals surface area contributed by atoms with Gasteiger partial charge in [-0.3, -0.25) is 9.40 Å². The van der Waals surface area contributed by atoms with Gasteiger partial charge in [0.1, 0.15) is 6.61 Å². The van der Waals surface area contributed by atoms with Crippen LogP contribution in [0.2, 0.25) is 0 Å². The average Bonchev–Trinajstić information content (AvgIpc) is 2.29. The van der Waals surface area contributed by atoms with Gasteiger partial charge in [-0.2, -0.15) is 8.15 Å². The minimum absolute atomic E-state index is 0.187. The van der Waals surface area contributed by atoms with E-state index in [4.69, 9.17) is 35.5 Å². The lowest BCUT2D eigenvalue weighted by molar-refractivity contribution is -0.0647. The van der Waals surface area contributed by atoms with E-state index in [1.54, 1.807) is 6.92 Å². The smallest absolute Gasteiger partial charge is 0.446 e. The topological polar surface area (TPSA) is 74.3 Å². The van der Waals surface area contributed by atoms with Crippen LogP contribution in [0.4, 0.5) is 4.79 Å². The maximum absolute atomic E-state index is 11.3. The standard InChI is InChI=1S/C5H9Cl3NO6P/c1-2-13-9(6)5(10)12-3-4-16(11,14-7)15-8/h2-4H2,1H3. The molecule has 16 heavy (non-hydrogen) atoms. The van der Waals surface area contributed by atoms with E-state index in [1.807, 2.05) is 0 Å². The van der Waals surface area contributed by atoms with E-state index in [0.29, 0.717) is 4.58 Å². The molecule has 0 radical (unpaired) electrons. The molecule has 0 atom stereocenters. The van der Waals surface area contributed by atoms with Crippen molar-refractivity contribution in [3.63, 3.8) is 0 Å².